The van der Waals surface area contributed by atoms with Crippen LogP contribution in [0.3, 0.4) is 0 Å². The van der Waals surface area contributed by atoms with Crippen molar-refractivity contribution in [3.63, 3.8) is 0 Å². The highest BCUT2D eigenvalue weighted by molar-refractivity contribution is 4.74. The molecule has 0 bridgehead atoms. The zero-order chi connectivity index (χ0) is 12.0. The van der Waals surface area contributed by atoms with Gasteiger partial charge in [-0.3, -0.25) is 4.90 Å². The maximum atomic E-state index is 3.30. The van der Waals surface area contributed by atoms with E-state index in [2.05, 4.69) is 35.9 Å². The summed E-state index contributed by atoms with van der Waals surface area (Å²) >= 11 is 0. The van der Waals surface area contributed by atoms with Crippen LogP contribution in [0.25, 0.3) is 0 Å². The average Bonchev–Trinajstić information content (AvgIpc) is 2.29. The third kappa shape index (κ3) is 4.81. The van der Waals surface area contributed by atoms with E-state index in [1.807, 2.05) is 7.05 Å². The fourth-order valence-corrected chi connectivity index (χ4v) is 2.27. The second kappa shape index (κ2) is 7.25. The molecule has 1 unspecified atom stereocenters. The van der Waals surface area contributed by atoms with E-state index in [0.29, 0.717) is 12.1 Å². The number of piperazine rings is 1. The van der Waals surface area contributed by atoms with Gasteiger partial charge in [0.05, 0.1) is 0 Å². The van der Waals surface area contributed by atoms with Crippen molar-refractivity contribution in [2.75, 3.05) is 39.8 Å². The lowest BCUT2D eigenvalue weighted by Gasteiger charge is -2.37. The van der Waals surface area contributed by atoms with Gasteiger partial charge in [-0.2, -0.15) is 0 Å². The van der Waals surface area contributed by atoms with Gasteiger partial charge in [-0.25, -0.2) is 0 Å². The summed E-state index contributed by atoms with van der Waals surface area (Å²) in [6, 6.07) is 1.38. The van der Waals surface area contributed by atoms with Gasteiger partial charge in [0.1, 0.15) is 0 Å². The molecule has 1 saturated heterocycles. The molecule has 1 fully saturated rings. The Balaban J connectivity index is 2.08. The summed E-state index contributed by atoms with van der Waals surface area (Å²) in [6.07, 6.45) is 2.62. The Morgan fingerprint density at radius 2 is 1.69 bits per heavy atom. The first-order chi connectivity index (χ1) is 7.63. The molecule has 3 nitrogen and oxygen atoms in total. The molecule has 1 N–H and O–H groups in total. The largest absolute Gasteiger partial charge is 0.317 e. The van der Waals surface area contributed by atoms with Gasteiger partial charge >= 0.3 is 0 Å². The monoisotopic (exact) mass is 227 g/mol. The highest BCUT2D eigenvalue weighted by Crippen LogP contribution is 2.07. The molecule has 0 spiro atoms. The molecular weight excluding hydrogens is 198 g/mol. The Morgan fingerprint density at radius 3 is 2.19 bits per heavy atom. The quantitative estimate of drug-likeness (QED) is 0.740. The molecule has 1 atom stereocenters. The molecular formula is C13H29N3. The van der Waals surface area contributed by atoms with Gasteiger partial charge in [-0.05, 0) is 47.2 Å². The zero-order valence-electron chi connectivity index (χ0n) is 11.5. The summed E-state index contributed by atoms with van der Waals surface area (Å²) < 4.78 is 0. The van der Waals surface area contributed by atoms with Crippen LogP contribution < -0.4 is 5.32 Å². The second-order valence-electron chi connectivity index (χ2n) is 5.30. The highest BCUT2D eigenvalue weighted by atomic mass is 15.3. The fourth-order valence-electron chi connectivity index (χ4n) is 2.27. The van der Waals surface area contributed by atoms with Crippen molar-refractivity contribution in [3.05, 3.63) is 0 Å². The lowest BCUT2D eigenvalue weighted by molar-refractivity contribution is 0.107. The van der Waals surface area contributed by atoms with Crippen LogP contribution in [0.1, 0.15) is 33.6 Å². The van der Waals surface area contributed by atoms with Gasteiger partial charge in [0.15, 0.2) is 0 Å². The van der Waals surface area contributed by atoms with Crippen LogP contribution in [0.5, 0.6) is 0 Å². The van der Waals surface area contributed by atoms with Crippen LogP contribution in [-0.4, -0.2) is 61.7 Å². The van der Waals surface area contributed by atoms with Crippen LogP contribution in [0.15, 0.2) is 0 Å². The van der Waals surface area contributed by atoms with Crippen molar-refractivity contribution in [1.82, 2.24) is 15.1 Å². The summed E-state index contributed by atoms with van der Waals surface area (Å²) in [5, 5.41) is 3.30. The Bertz CT molecular complexity index is 174. The first kappa shape index (κ1) is 13.9. The van der Waals surface area contributed by atoms with Crippen molar-refractivity contribution in [1.29, 1.82) is 0 Å². The lowest BCUT2D eigenvalue weighted by Crippen LogP contribution is -2.49. The minimum absolute atomic E-state index is 0.664. The van der Waals surface area contributed by atoms with Gasteiger partial charge < -0.3 is 10.2 Å². The highest BCUT2D eigenvalue weighted by Gasteiger charge is 2.18. The number of hydrogen-bond acceptors (Lipinski definition) is 3. The molecule has 0 saturated carbocycles. The van der Waals surface area contributed by atoms with Crippen molar-refractivity contribution < 1.29 is 0 Å². The van der Waals surface area contributed by atoms with Crippen LogP contribution >= 0.6 is 0 Å². The van der Waals surface area contributed by atoms with E-state index >= 15 is 0 Å². The van der Waals surface area contributed by atoms with Gasteiger partial charge in [0, 0.05) is 38.3 Å². The molecule has 1 heterocycles. The predicted octanol–water partition coefficient (Wildman–Crippen LogP) is 1.40. The first-order valence-electron chi connectivity index (χ1n) is 6.77. The molecule has 0 aromatic heterocycles. The van der Waals surface area contributed by atoms with Gasteiger partial charge in [0.25, 0.3) is 0 Å². The topological polar surface area (TPSA) is 18.5 Å². The van der Waals surface area contributed by atoms with E-state index in [1.54, 1.807) is 0 Å². The molecule has 96 valence electrons. The van der Waals surface area contributed by atoms with Crippen LogP contribution in [0, 0.1) is 0 Å². The number of hydrogen-bond donors (Lipinski definition) is 1. The van der Waals surface area contributed by atoms with E-state index < -0.39 is 0 Å². The summed E-state index contributed by atoms with van der Waals surface area (Å²) in [7, 11) is 2.05. The standard InChI is InChI=1S/C13H29N3/c1-12(2)16-10-8-15(9-11-16)7-5-6-13(3)14-4/h12-14H,5-11H2,1-4H3. The minimum atomic E-state index is 0.664. The predicted molar refractivity (Wildman–Crippen MR) is 70.9 cm³/mol. The van der Waals surface area contributed by atoms with Crippen molar-refractivity contribution in [2.45, 2.75) is 45.7 Å². The Hall–Kier alpha value is -0.120. The lowest BCUT2D eigenvalue weighted by atomic mass is 10.1. The van der Waals surface area contributed by atoms with E-state index in [1.165, 1.54) is 45.6 Å². The van der Waals surface area contributed by atoms with Crippen LogP contribution in [0.2, 0.25) is 0 Å². The van der Waals surface area contributed by atoms with Gasteiger partial charge in [0.2, 0.25) is 0 Å². The molecule has 0 radical (unpaired) electrons. The van der Waals surface area contributed by atoms with Crippen molar-refractivity contribution in [2.24, 2.45) is 0 Å². The smallest absolute Gasteiger partial charge is 0.0113 e. The molecule has 1 rings (SSSR count). The molecule has 0 aliphatic carbocycles. The fraction of sp³-hybridized carbons (Fsp3) is 1.00. The molecule has 1 aliphatic rings. The SMILES string of the molecule is CNC(C)CCCN1CCN(C(C)C)CC1. The number of rotatable bonds is 6. The zero-order valence-corrected chi connectivity index (χ0v) is 11.5. The molecule has 0 aromatic carbocycles. The van der Waals surface area contributed by atoms with Gasteiger partial charge in [-0.15, -0.1) is 0 Å². The third-order valence-electron chi connectivity index (χ3n) is 3.74. The first-order valence-corrected chi connectivity index (χ1v) is 6.77. The molecule has 0 amide bonds. The van der Waals surface area contributed by atoms with Crippen LogP contribution in [0.4, 0.5) is 0 Å². The van der Waals surface area contributed by atoms with Crippen molar-refractivity contribution >= 4 is 0 Å². The van der Waals surface area contributed by atoms with E-state index in [4.69, 9.17) is 0 Å². The average molecular weight is 227 g/mol. The summed E-state index contributed by atoms with van der Waals surface area (Å²) in [5.41, 5.74) is 0. The Morgan fingerprint density at radius 1 is 1.06 bits per heavy atom. The Labute approximate surface area is 101 Å². The molecule has 3 heteroatoms. The molecule has 1 aliphatic heterocycles. The molecule has 0 aromatic rings. The van der Waals surface area contributed by atoms with E-state index in [-0.39, 0.29) is 0 Å². The summed E-state index contributed by atoms with van der Waals surface area (Å²) in [6.45, 7) is 13.1. The maximum Gasteiger partial charge on any atom is 0.0113 e. The van der Waals surface area contributed by atoms with E-state index in [9.17, 15) is 0 Å². The van der Waals surface area contributed by atoms with Crippen molar-refractivity contribution in [3.8, 4) is 0 Å². The van der Waals surface area contributed by atoms with Gasteiger partial charge in [-0.1, -0.05) is 0 Å². The minimum Gasteiger partial charge on any atom is -0.317 e. The number of nitrogens with one attached hydrogen (secondary N) is 1. The Kier molecular flexibility index (Phi) is 6.32. The molecule has 16 heavy (non-hydrogen) atoms. The second-order valence-corrected chi connectivity index (χ2v) is 5.30. The summed E-state index contributed by atoms with van der Waals surface area (Å²) in [5.74, 6) is 0. The normalized spacial score (nSPS) is 21.6. The number of nitrogens with zero attached hydrogens (tertiary/aromatic N) is 2. The van der Waals surface area contributed by atoms with Crippen LogP contribution in [-0.2, 0) is 0 Å². The summed E-state index contributed by atoms with van der Waals surface area (Å²) in [4.78, 5) is 5.19. The third-order valence-corrected chi connectivity index (χ3v) is 3.74. The maximum absolute atomic E-state index is 3.30. The van der Waals surface area contributed by atoms with E-state index in [0.717, 1.165) is 0 Å².